The van der Waals surface area contributed by atoms with E-state index in [-0.39, 0.29) is 18.3 Å². The topological polar surface area (TPSA) is 23.6 Å². The van der Waals surface area contributed by atoms with Crippen LogP contribution in [0.15, 0.2) is 42.5 Å². The zero-order valence-corrected chi connectivity index (χ0v) is 16.5. The van der Waals surface area contributed by atoms with E-state index < -0.39 is 0 Å². The first-order valence-corrected chi connectivity index (χ1v) is 9.20. The molecule has 0 saturated carbocycles. The highest BCUT2D eigenvalue weighted by Crippen LogP contribution is 2.20. The Bertz CT molecular complexity index is 650. The Labute approximate surface area is 158 Å². The summed E-state index contributed by atoms with van der Waals surface area (Å²) >= 11 is 0. The molecule has 0 aliphatic carbocycles. The third-order valence-electron chi connectivity index (χ3n) is 4.67. The van der Waals surface area contributed by atoms with Gasteiger partial charge in [-0.3, -0.25) is 4.79 Å². The number of rotatable bonds is 9. The smallest absolute Gasteiger partial charge is 0.254 e. The van der Waals surface area contributed by atoms with Crippen molar-refractivity contribution in [1.29, 1.82) is 0 Å². The highest BCUT2D eigenvalue weighted by molar-refractivity contribution is 6.07. The molecule has 0 unspecified atom stereocenters. The van der Waals surface area contributed by atoms with Crippen molar-refractivity contribution in [3.05, 3.63) is 48.0 Å². The molecule has 2 aromatic carbocycles. The van der Waals surface area contributed by atoms with Crippen molar-refractivity contribution in [2.75, 3.05) is 32.7 Å². The van der Waals surface area contributed by atoms with Crippen LogP contribution in [0.4, 0.5) is 0 Å². The summed E-state index contributed by atoms with van der Waals surface area (Å²) in [7, 11) is 0. The summed E-state index contributed by atoms with van der Waals surface area (Å²) in [5.74, 6) is 0.160. The molecule has 1 amide bonds. The van der Waals surface area contributed by atoms with E-state index in [4.69, 9.17) is 0 Å². The quantitative estimate of drug-likeness (QED) is 0.636. The van der Waals surface area contributed by atoms with Gasteiger partial charge in [0, 0.05) is 25.2 Å². The fourth-order valence-corrected chi connectivity index (χ4v) is 3.05. The predicted octanol–water partition coefficient (Wildman–Crippen LogP) is 4.85. The number of halogens is 1. The van der Waals surface area contributed by atoms with Crippen molar-refractivity contribution in [2.24, 2.45) is 0 Å². The third-order valence-corrected chi connectivity index (χ3v) is 4.67. The van der Waals surface area contributed by atoms with Crippen molar-refractivity contribution in [3.63, 3.8) is 0 Å². The fourth-order valence-electron chi connectivity index (χ4n) is 3.05. The molecule has 0 spiro atoms. The van der Waals surface area contributed by atoms with Crippen LogP contribution in [0.1, 0.15) is 44.0 Å². The van der Waals surface area contributed by atoms with Crippen molar-refractivity contribution >= 4 is 29.1 Å². The van der Waals surface area contributed by atoms with Crippen molar-refractivity contribution in [2.45, 2.75) is 33.6 Å². The molecule has 0 N–H and O–H groups in total. The molecule has 4 heteroatoms. The lowest BCUT2D eigenvalue weighted by atomic mass is 10.0. The second kappa shape index (κ2) is 11.1. The number of benzene rings is 2. The number of carbonyl (C=O) groups is 1. The maximum absolute atomic E-state index is 13.2. The minimum Gasteiger partial charge on any atom is -0.337 e. The maximum atomic E-state index is 13.2. The van der Waals surface area contributed by atoms with Gasteiger partial charge in [0.05, 0.1) is 0 Å². The van der Waals surface area contributed by atoms with E-state index in [0.29, 0.717) is 0 Å². The molecular weight excluding hydrogens is 332 g/mol. The fraction of sp³-hybridized carbons (Fsp3) is 0.476. The van der Waals surface area contributed by atoms with Crippen LogP contribution in [0.5, 0.6) is 0 Å². The SMILES string of the molecule is CCCCN(CCN(CC)CC)C(=O)c1cccc2ccccc12.Cl. The number of amides is 1. The summed E-state index contributed by atoms with van der Waals surface area (Å²) in [5.41, 5.74) is 0.823. The molecule has 2 aromatic rings. The lowest BCUT2D eigenvalue weighted by Crippen LogP contribution is -2.39. The van der Waals surface area contributed by atoms with Gasteiger partial charge in [-0.2, -0.15) is 0 Å². The molecule has 0 heterocycles. The van der Waals surface area contributed by atoms with Crippen molar-refractivity contribution in [3.8, 4) is 0 Å². The lowest BCUT2D eigenvalue weighted by Gasteiger charge is -2.27. The Morgan fingerprint density at radius 3 is 2.24 bits per heavy atom. The highest BCUT2D eigenvalue weighted by atomic mass is 35.5. The van der Waals surface area contributed by atoms with E-state index in [9.17, 15) is 4.79 Å². The minimum absolute atomic E-state index is 0. The van der Waals surface area contributed by atoms with Crippen LogP contribution in [0.3, 0.4) is 0 Å². The predicted molar refractivity (Wildman–Crippen MR) is 110 cm³/mol. The van der Waals surface area contributed by atoms with Gasteiger partial charge >= 0.3 is 0 Å². The van der Waals surface area contributed by atoms with Gasteiger partial charge in [0.25, 0.3) is 5.91 Å². The van der Waals surface area contributed by atoms with E-state index in [1.807, 2.05) is 35.2 Å². The Hall–Kier alpha value is -1.58. The van der Waals surface area contributed by atoms with Crippen LogP contribution in [-0.4, -0.2) is 48.4 Å². The summed E-state index contributed by atoms with van der Waals surface area (Å²) in [4.78, 5) is 17.6. The van der Waals surface area contributed by atoms with E-state index in [1.54, 1.807) is 0 Å². The van der Waals surface area contributed by atoms with Crippen LogP contribution >= 0.6 is 12.4 Å². The molecule has 0 fully saturated rings. The van der Waals surface area contributed by atoms with Gasteiger partial charge in [0.15, 0.2) is 0 Å². The number of likely N-dealkylation sites (N-methyl/N-ethyl adjacent to an activating group) is 1. The molecule has 0 atom stereocenters. The molecule has 0 aliphatic heterocycles. The van der Waals surface area contributed by atoms with Gasteiger partial charge in [-0.1, -0.05) is 63.6 Å². The van der Waals surface area contributed by atoms with Crippen molar-refractivity contribution in [1.82, 2.24) is 9.80 Å². The lowest BCUT2D eigenvalue weighted by molar-refractivity contribution is 0.0737. The molecule has 3 nitrogen and oxygen atoms in total. The standard InChI is InChI=1S/C21H30N2O.ClH/c1-4-7-15-23(17-16-22(5-2)6-3)21(24)20-14-10-12-18-11-8-9-13-19(18)20;/h8-14H,4-7,15-17H2,1-3H3;1H. The molecule has 0 bridgehead atoms. The Kier molecular flexibility index (Phi) is 9.54. The molecule has 2 rings (SSSR count). The van der Waals surface area contributed by atoms with Crippen LogP contribution in [-0.2, 0) is 0 Å². The second-order valence-electron chi connectivity index (χ2n) is 6.20. The monoisotopic (exact) mass is 362 g/mol. The first-order chi connectivity index (χ1) is 11.7. The van der Waals surface area contributed by atoms with Gasteiger partial charge in [-0.25, -0.2) is 0 Å². The third kappa shape index (κ3) is 5.72. The van der Waals surface area contributed by atoms with E-state index in [2.05, 4.69) is 37.8 Å². The van der Waals surface area contributed by atoms with Crippen molar-refractivity contribution < 1.29 is 4.79 Å². The minimum atomic E-state index is 0. The molecule has 0 aromatic heterocycles. The zero-order valence-electron chi connectivity index (χ0n) is 15.7. The highest BCUT2D eigenvalue weighted by Gasteiger charge is 2.18. The van der Waals surface area contributed by atoms with Crippen LogP contribution in [0.2, 0.25) is 0 Å². The van der Waals surface area contributed by atoms with E-state index >= 15 is 0 Å². The van der Waals surface area contributed by atoms with Crippen LogP contribution in [0.25, 0.3) is 10.8 Å². The second-order valence-corrected chi connectivity index (χ2v) is 6.20. The Morgan fingerprint density at radius 2 is 1.56 bits per heavy atom. The number of unbranched alkanes of at least 4 members (excludes halogenated alkanes) is 1. The normalized spacial score (nSPS) is 10.7. The van der Waals surface area contributed by atoms with E-state index in [0.717, 1.165) is 61.9 Å². The molecule has 138 valence electrons. The maximum Gasteiger partial charge on any atom is 0.254 e. The average molecular weight is 363 g/mol. The number of hydrogen-bond donors (Lipinski definition) is 0. The van der Waals surface area contributed by atoms with Crippen LogP contribution in [0, 0.1) is 0 Å². The number of nitrogens with zero attached hydrogens (tertiary/aromatic N) is 2. The van der Waals surface area contributed by atoms with Gasteiger partial charge in [0.2, 0.25) is 0 Å². The Balaban J connectivity index is 0.00000312. The van der Waals surface area contributed by atoms with Crippen LogP contribution < -0.4 is 0 Å². The number of hydrogen-bond acceptors (Lipinski definition) is 2. The average Bonchev–Trinajstić information content (AvgIpc) is 2.64. The van der Waals surface area contributed by atoms with Gasteiger partial charge in [0.1, 0.15) is 0 Å². The van der Waals surface area contributed by atoms with E-state index in [1.165, 1.54) is 0 Å². The molecule has 0 aliphatic rings. The largest absolute Gasteiger partial charge is 0.337 e. The molecule has 25 heavy (non-hydrogen) atoms. The molecule has 0 radical (unpaired) electrons. The first-order valence-electron chi connectivity index (χ1n) is 9.20. The summed E-state index contributed by atoms with van der Waals surface area (Å²) in [6.45, 7) is 11.1. The first kappa shape index (κ1) is 21.5. The molecular formula is C21H31ClN2O. The zero-order chi connectivity index (χ0) is 17.4. The summed E-state index contributed by atoms with van der Waals surface area (Å²) < 4.78 is 0. The van der Waals surface area contributed by atoms with Gasteiger partial charge < -0.3 is 9.80 Å². The van der Waals surface area contributed by atoms with Gasteiger partial charge in [-0.05, 0) is 36.3 Å². The summed E-state index contributed by atoms with van der Waals surface area (Å²) in [5, 5.41) is 2.18. The summed E-state index contributed by atoms with van der Waals surface area (Å²) in [6, 6.07) is 14.2. The number of fused-ring (bicyclic) bond motifs is 1. The number of carbonyl (C=O) groups excluding carboxylic acids is 1. The molecule has 0 saturated heterocycles. The van der Waals surface area contributed by atoms with Gasteiger partial charge in [-0.15, -0.1) is 12.4 Å². The Morgan fingerprint density at radius 1 is 0.880 bits per heavy atom. The summed E-state index contributed by atoms with van der Waals surface area (Å²) in [6.07, 6.45) is 2.15.